The van der Waals surface area contributed by atoms with E-state index in [2.05, 4.69) is 34.4 Å². The molecule has 5 nitrogen and oxygen atoms in total. The summed E-state index contributed by atoms with van der Waals surface area (Å²) >= 11 is 0. The van der Waals surface area contributed by atoms with Crippen molar-refractivity contribution in [1.82, 2.24) is 20.4 Å². The van der Waals surface area contributed by atoms with Crippen LogP contribution < -0.4 is 10.6 Å². The van der Waals surface area contributed by atoms with Crippen molar-refractivity contribution in [2.24, 2.45) is 10.9 Å². The molecular weight excluding hydrogens is 458 g/mol. The van der Waals surface area contributed by atoms with Gasteiger partial charge in [-0.2, -0.15) is 13.2 Å². The van der Waals surface area contributed by atoms with Gasteiger partial charge < -0.3 is 10.6 Å². The molecule has 2 aliphatic heterocycles. The molecule has 2 saturated heterocycles. The first-order valence-electron chi connectivity index (χ1n) is 9.27. The molecule has 26 heavy (non-hydrogen) atoms. The monoisotopic (exact) mass is 491 g/mol. The Morgan fingerprint density at radius 2 is 1.85 bits per heavy atom. The van der Waals surface area contributed by atoms with E-state index in [9.17, 15) is 13.2 Å². The molecule has 2 aliphatic rings. The molecule has 2 rings (SSSR count). The number of hydrogen-bond donors (Lipinski definition) is 2. The Morgan fingerprint density at radius 1 is 1.19 bits per heavy atom. The Labute approximate surface area is 172 Å². The van der Waals surface area contributed by atoms with Gasteiger partial charge in [0.2, 0.25) is 0 Å². The molecule has 154 valence electrons. The number of rotatable bonds is 5. The van der Waals surface area contributed by atoms with Crippen LogP contribution in [0.2, 0.25) is 0 Å². The molecule has 9 heteroatoms. The number of aliphatic imine (C=N–C) groups is 1. The van der Waals surface area contributed by atoms with Gasteiger partial charge in [0.25, 0.3) is 0 Å². The SMILES string of the molecule is CN=C(NCC(C)N1CCC(C)CC1)NC1CCN(CC(F)(F)F)C1.I. The predicted octanol–water partition coefficient (Wildman–Crippen LogP) is 2.53. The van der Waals surface area contributed by atoms with Crippen LogP contribution in [0.5, 0.6) is 0 Å². The van der Waals surface area contributed by atoms with E-state index in [1.165, 1.54) is 17.7 Å². The highest BCUT2D eigenvalue weighted by atomic mass is 127. The lowest BCUT2D eigenvalue weighted by Gasteiger charge is -2.35. The maximum atomic E-state index is 12.5. The molecule has 0 spiro atoms. The van der Waals surface area contributed by atoms with Gasteiger partial charge in [0, 0.05) is 38.8 Å². The Balaban J connectivity index is 0.00000338. The molecule has 0 amide bonds. The van der Waals surface area contributed by atoms with Gasteiger partial charge in [-0.25, -0.2) is 0 Å². The number of nitrogens with zero attached hydrogens (tertiary/aromatic N) is 3. The fourth-order valence-electron chi connectivity index (χ4n) is 3.58. The number of alkyl halides is 3. The minimum absolute atomic E-state index is 0. The first-order valence-corrected chi connectivity index (χ1v) is 9.27. The lowest BCUT2D eigenvalue weighted by atomic mass is 9.98. The van der Waals surface area contributed by atoms with Gasteiger partial charge in [0.15, 0.2) is 5.96 Å². The van der Waals surface area contributed by atoms with Crippen LogP contribution in [0.25, 0.3) is 0 Å². The van der Waals surface area contributed by atoms with Gasteiger partial charge in [-0.3, -0.25) is 14.8 Å². The first-order chi connectivity index (χ1) is 11.8. The maximum Gasteiger partial charge on any atom is 0.401 e. The Morgan fingerprint density at radius 3 is 2.42 bits per heavy atom. The largest absolute Gasteiger partial charge is 0.401 e. The molecular formula is C17H33F3IN5. The topological polar surface area (TPSA) is 42.9 Å². The highest BCUT2D eigenvalue weighted by Crippen LogP contribution is 2.20. The van der Waals surface area contributed by atoms with Crippen molar-refractivity contribution in [3.63, 3.8) is 0 Å². The fourth-order valence-corrected chi connectivity index (χ4v) is 3.58. The van der Waals surface area contributed by atoms with Gasteiger partial charge in [-0.05, 0) is 45.2 Å². The third-order valence-corrected chi connectivity index (χ3v) is 5.25. The van der Waals surface area contributed by atoms with Crippen LogP contribution in [0, 0.1) is 5.92 Å². The number of likely N-dealkylation sites (tertiary alicyclic amines) is 2. The number of halogens is 4. The van der Waals surface area contributed by atoms with Crippen molar-refractivity contribution in [3.05, 3.63) is 0 Å². The molecule has 0 aromatic heterocycles. The summed E-state index contributed by atoms with van der Waals surface area (Å²) in [6.07, 6.45) is -0.935. The van der Waals surface area contributed by atoms with Crippen molar-refractivity contribution < 1.29 is 13.2 Å². The second-order valence-corrected chi connectivity index (χ2v) is 7.50. The van der Waals surface area contributed by atoms with Crippen molar-refractivity contribution in [3.8, 4) is 0 Å². The lowest BCUT2D eigenvalue weighted by Crippen LogP contribution is -2.50. The second-order valence-electron chi connectivity index (χ2n) is 7.50. The summed E-state index contributed by atoms with van der Waals surface area (Å²) in [5.74, 6) is 1.49. The Bertz CT molecular complexity index is 439. The zero-order valence-corrected chi connectivity index (χ0v) is 18.3. The molecule has 0 aromatic carbocycles. The highest BCUT2D eigenvalue weighted by molar-refractivity contribution is 14.0. The molecule has 2 atom stereocenters. The Hall–Kier alpha value is -0.290. The molecule has 2 unspecified atom stereocenters. The summed E-state index contributed by atoms with van der Waals surface area (Å²) in [5.41, 5.74) is 0. The third kappa shape index (κ3) is 8.16. The average Bonchev–Trinajstić information content (AvgIpc) is 2.96. The molecule has 2 fully saturated rings. The number of guanidine groups is 1. The van der Waals surface area contributed by atoms with Gasteiger partial charge in [0.05, 0.1) is 6.54 Å². The predicted molar refractivity (Wildman–Crippen MR) is 110 cm³/mol. The number of nitrogens with one attached hydrogen (secondary N) is 2. The standard InChI is InChI=1S/C17H32F3N5.HI/c1-13-4-8-25(9-5-13)14(2)10-22-16(21-3)23-15-6-7-24(11-15)12-17(18,19)20;/h13-15H,4-12H2,1-3H3,(H2,21,22,23);1H. The number of piperidine rings is 1. The highest BCUT2D eigenvalue weighted by Gasteiger charge is 2.34. The molecule has 0 radical (unpaired) electrons. The van der Waals surface area contributed by atoms with Crippen LogP contribution in [0.15, 0.2) is 4.99 Å². The quantitative estimate of drug-likeness (QED) is 0.353. The maximum absolute atomic E-state index is 12.5. The Kier molecular flexibility index (Phi) is 9.95. The summed E-state index contributed by atoms with van der Waals surface area (Å²) < 4.78 is 37.4. The number of hydrogen-bond acceptors (Lipinski definition) is 3. The van der Waals surface area contributed by atoms with Crippen molar-refractivity contribution in [1.29, 1.82) is 0 Å². The van der Waals surface area contributed by atoms with Crippen molar-refractivity contribution in [2.45, 2.75) is 51.4 Å². The van der Waals surface area contributed by atoms with Crippen LogP contribution in [-0.4, -0.2) is 80.3 Å². The smallest absolute Gasteiger partial charge is 0.355 e. The van der Waals surface area contributed by atoms with Gasteiger partial charge in [0.1, 0.15) is 0 Å². The van der Waals surface area contributed by atoms with Crippen LogP contribution in [-0.2, 0) is 0 Å². The summed E-state index contributed by atoms with van der Waals surface area (Å²) in [7, 11) is 1.70. The molecule has 0 saturated carbocycles. The molecule has 0 aliphatic carbocycles. The van der Waals surface area contributed by atoms with Gasteiger partial charge in [-0.1, -0.05) is 6.92 Å². The van der Waals surface area contributed by atoms with Crippen molar-refractivity contribution in [2.75, 3.05) is 46.3 Å². The van der Waals surface area contributed by atoms with E-state index >= 15 is 0 Å². The van der Waals surface area contributed by atoms with Gasteiger partial charge in [-0.15, -0.1) is 24.0 Å². The van der Waals surface area contributed by atoms with E-state index in [-0.39, 0.29) is 30.0 Å². The third-order valence-electron chi connectivity index (χ3n) is 5.25. The zero-order chi connectivity index (χ0) is 18.4. The zero-order valence-electron chi connectivity index (χ0n) is 16.0. The summed E-state index contributed by atoms with van der Waals surface area (Å²) in [5, 5.41) is 6.58. The van der Waals surface area contributed by atoms with Crippen LogP contribution in [0.4, 0.5) is 13.2 Å². The summed E-state index contributed by atoms with van der Waals surface area (Å²) in [6.45, 7) is 7.59. The second kappa shape index (κ2) is 10.9. The van der Waals surface area contributed by atoms with E-state index in [0.717, 1.165) is 25.6 Å². The van der Waals surface area contributed by atoms with Crippen LogP contribution >= 0.6 is 24.0 Å². The molecule has 2 heterocycles. The average molecular weight is 491 g/mol. The van der Waals surface area contributed by atoms with E-state index in [0.29, 0.717) is 31.5 Å². The minimum atomic E-state index is -4.13. The van der Waals surface area contributed by atoms with Crippen molar-refractivity contribution >= 4 is 29.9 Å². The lowest BCUT2D eigenvalue weighted by molar-refractivity contribution is -0.143. The normalized spacial score (nSPS) is 25.0. The van der Waals surface area contributed by atoms with Crippen LogP contribution in [0.1, 0.15) is 33.1 Å². The first kappa shape index (κ1) is 23.7. The molecule has 0 bridgehead atoms. The minimum Gasteiger partial charge on any atom is -0.355 e. The van der Waals surface area contributed by atoms with Crippen LogP contribution in [0.3, 0.4) is 0 Å². The molecule has 0 aromatic rings. The fraction of sp³-hybridized carbons (Fsp3) is 0.941. The van der Waals surface area contributed by atoms with E-state index < -0.39 is 12.7 Å². The summed E-state index contributed by atoms with van der Waals surface area (Å²) in [4.78, 5) is 8.15. The van der Waals surface area contributed by atoms with E-state index in [1.54, 1.807) is 7.05 Å². The van der Waals surface area contributed by atoms with E-state index in [1.807, 2.05) is 0 Å². The molecule has 2 N–H and O–H groups in total. The summed E-state index contributed by atoms with van der Waals surface area (Å²) in [6, 6.07) is 0.427. The van der Waals surface area contributed by atoms with E-state index in [4.69, 9.17) is 0 Å². The van der Waals surface area contributed by atoms with Gasteiger partial charge >= 0.3 is 6.18 Å².